The van der Waals surface area contributed by atoms with Crippen LogP contribution in [0, 0.1) is 0 Å². The molecule has 1 aromatic heterocycles. The lowest BCUT2D eigenvalue weighted by molar-refractivity contribution is 0.0689. The van der Waals surface area contributed by atoms with Gasteiger partial charge in [0.25, 0.3) is 0 Å². The van der Waals surface area contributed by atoms with Gasteiger partial charge in [-0.15, -0.1) is 0 Å². The fourth-order valence-corrected chi connectivity index (χ4v) is 2.24. The van der Waals surface area contributed by atoms with Gasteiger partial charge >= 0.3 is 5.97 Å². The largest absolute Gasteiger partial charge is 0.477 e. The van der Waals surface area contributed by atoms with E-state index in [4.69, 9.17) is 5.11 Å². The summed E-state index contributed by atoms with van der Waals surface area (Å²) < 4.78 is 0. The quantitative estimate of drug-likeness (QED) is 0.672. The number of pyridine rings is 1. The van der Waals surface area contributed by atoms with Crippen molar-refractivity contribution >= 4 is 5.97 Å². The third-order valence-electron chi connectivity index (χ3n) is 2.93. The molecule has 3 heteroatoms. The van der Waals surface area contributed by atoms with E-state index in [1.807, 2.05) is 30.3 Å². The van der Waals surface area contributed by atoms with E-state index in [1.54, 1.807) is 6.20 Å². The van der Waals surface area contributed by atoms with Crippen molar-refractivity contribution in [3.8, 4) is 11.1 Å². The van der Waals surface area contributed by atoms with Crippen molar-refractivity contribution in [1.29, 1.82) is 0 Å². The Kier molecular flexibility index (Phi) is 1.80. The molecular formula is C13H9NO2. The Bertz CT molecular complexity index is 590. The van der Waals surface area contributed by atoms with Crippen LogP contribution in [0.3, 0.4) is 0 Å². The summed E-state index contributed by atoms with van der Waals surface area (Å²) in [6.07, 6.45) is 2.23. The van der Waals surface area contributed by atoms with Gasteiger partial charge in [0.2, 0.25) is 0 Å². The van der Waals surface area contributed by atoms with Gasteiger partial charge in [-0.05, 0) is 28.3 Å². The minimum absolute atomic E-state index is 0.175. The van der Waals surface area contributed by atoms with Gasteiger partial charge in [0.05, 0.1) is 0 Å². The summed E-state index contributed by atoms with van der Waals surface area (Å²) in [7, 11) is 0. The molecular weight excluding hydrogens is 202 g/mol. The minimum Gasteiger partial charge on any atom is -0.477 e. The van der Waals surface area contributed by atoms with Crippen LogP contribution < -0.4 is 0 Å². The zero-order valence-electron chi connectivity index (χ0n) is 8.47. The number of carboxylic acid groups (broad SMARTS) is 1. The van der Waals surface area contributed by atoms with Crippen molar-refractivity contribution < 1.29 is 9.90 Å². The lowest BCUT2D eigenvalue weighted by Gasteiger charge is -2.02. The highest BCUT2D eigenvalue weighted by Gasteiger charge is 2.23. The number of carboxylic acids is 1. The molecule has 1 N–H and O–H groups in total. The highest BCUT2D eigenvalue weighted by molar-refractivity contribution is 5.92. The highest BCUT2D eigenvalue weighted by Crippen LogP contribution is 2.37. The van der Waals surface area contributed by atoms with Crippen LogP contribution in [0.15, 0.2) is 36.5 Å². The zero-order valence-corrected chi connectivity index (χ0v) is 8.47. The summed E-state index contributed by atoms with van der Waals surface area (Å²) in [5.41, 5.74) is 4.31. The molecule has 78 valence electrons. The number of hydrogen-bond acceptors (Lipinski definition) is 2. The second-order valence-electron chi connectivity index (χ2n) is 3.82. The lowest BCUT2D eigenvalue weighted by Crippen LogP contribution is -2.04. The Balaban J connectivity index is 2.28. The van der Waals surface area contributed by atoms with E-state index < -0.39 is 5.97 Å². The van der Waals surface area contributed by atoms with Crippen LogP contribution in [0.4, 0.5) is 0 Å². The van der Waals surface area contributed by atoms with Crippen LogP contribution in [0.5, 0.6) is 0 Å². The third kappa shape index (κ3) is 1.15. The second-order valence-corrected chi connectivity index (χ2v) is 3.82. The summed E-state index contributed by atoms with van der Waals surface area (Å²) in [6.45, 7) is 0. The van der Waals surface area contributed by atoms with Crippen LogP contribution in [0.1, 0.15) is 21.6 Å². The van der Waals surface area contributed by atoms with Gasteiger partial charge in [0.1, 0.15) is 0 Å². The van der Waals surface area contributed by atoms with E-state index in [-0.39, 0.29) is 5.69 Å². The van der Waals surface area contributed by atoms with Gasteiger partial charge in [-0.2, -0.15) is 0 Å². The molecule has 2 aromatic rings. The van der Waals surface area contributed by atoms with Gasteiger partial charge < -0.3 is 5.11 Å². The molecule has 1 aromatic carbocycles. The molecule has 0 spiro atoms. The van der Waals surface area contributed by atoms with E-state index in [0.29, 0.717) is 6.42 Å². The Labute approximate surface area is 92.4 Å². The van der Waals surface area contributed by atoms with E-state index in [2.05, 4.69) is 4.98 Å². The van der Waals surface area contributed by atoms with Gasteiger partial charge in [0.15, 0.2) is 5.69 Å². The van der Waals surface area contributed by atoms with Gasteiger partial charge in [-0.3, -0.25) is 0 Å². The number of hydrogen-bond donors (Lipinski definition) is 1. The number of benzene rings is 1. The van der Waals surface area contributed by atoms with Crippen LogP contribution in [-0.2, 0) is 6.42 Å². The number of fused-ring (bicyclic) bond motifs is 3. The molecule has 16 heavy (non-hydrogen) atoms. The summed E-state index contributed by atoms with van der Waals surface area (Å²) in [4.78, 5) is 15.0. The van der Waals surface area contributed by atoms with E-state index in [9.17, 15) is 4.79 Å². The maximum Gasteiger partial charge on any atom is 0.354 e. The molecule has 0 atom stereocenters. The van der Waals surface area contributed by atoms with Crippen LogP contribution in [0.2, 0.25) is 0 Å². The van der Waals surface area contributed by atoms with Crippen LogP contribution in [0.25, 0.3) is 11.1 Å². The molecule has 1 aliphatic rings. The maximum absolute atomic E-state index is 11.0. The molecule has 3 nitrogen and oxygen atoms in total. The molecule has 0 saturated heterocycles. The molecule has 0 amide bonds. The van der Waals surface area contributed by atoms with Crippen molar-refractivity contribution in [2.75, 3.05) is 0 Å². The van der Waals surface area contributed by atoms with E-state index >= 15 is 0 Å². The number of aromatic carboxylic acids is 1. The average molecular weight is 211 g/mol. The van der Waals surface area contributed by atoms with Crippen LogP contribution in [-0.4, -0.2) is 16.1 Å². The first-order valence-electron chi connectivity index (χ1n) is 5.07. The topological polar surface area (TPSA) is 50.2 Å². The van der Waals surface area contributed by atoms with Crippen molar-refractivity contribution in [1.82, 2.24) is 4.98 Å². The molecule has 1 aliphatic carbocycles. The number of carbonyl (C=O) groups is 1. The molecule has 0 aliphatic heterocycles. The summed E-state index contributed by atoms with van der Waals surface area (Å²) >= 11 is 0. The van der Waals surface area contributed by atoms with Gasteiger partial charge in [0, 0.05) is 12.6 Å². The van der Waals surface area contributed by atoms with E-state index in [0.717, 1.165) is 16.7 Å². The first-order valence-corrected chi connectivity index (χ1v) is 5.07. The first-order chi connectivity index (χ1) is 7.77. The zero-order chi connectivity index (χ0) is 11.1. The van der Waals surface area contributed by atoms with Crippen molar-refractivity contribution in [2.24, 2.45) is 0 Å². The molecule has 0 bridgehead atoms. The Morgan fingerprint density at radius 2 is 2.00 bits per heavy atom. The monoisotopic (exact) mass is 211 g/mol. The molecule has 3 rings (SSSR count). The Morgan fingerprint density at radius 1 is 1.19 bits per heavy atom. The Morgan fingerprint density at radius 3 is 2.81 bits per heavy atom. The number of rotatable bonds is 1. The predicted molar refractivity (Wildman–Crippen MR) is 59.4 cm³/mol. The smallest absolute Gasteiger partial charge is 0.354 e. The summed E-state index contributed by atoms with van der Waals surface area (Å²) in [6, 6.07) is 9.87. The Hall–Kier alpha value is -2.16. The third-order valence-corrected chi connectivity index (χ3v) is 2.93. The lowest BCUT2D eigenvalue weighted by atomic mass is 10.1. The highest BCUT2D eigenvalue weighted by atomic mass is 16.4. The minimum atomic E-state index is -0.954. The fourth-order valence-electron chi connectivity index (χ4n) is 2.24. The second kappa shape index (κ2) is 3.17. The fraction of sp³-hybridized carbons (Fsp3) is 0.0769. The van der Waals surface area contributed by atoms with Gasteiger partial charge in [-0.1, -0.05) is 24.3 Å². The first kappa shape index (κ1) is 9.09. The van der Waals surface area contributed by atoms with Crippen LogP contribution >= 0.6 is 0 Å². The molecule has 1 heterocycles. The molecule has 0 fully saturated rings. The van der Waals surface area contributed by atoms with Crippen molar-refractivity contribution in [3.63, 3.8) is 0 Å². The maximum atomic E-state index is 11.0. The van der Waals surface area contributed by atoms with E-state index in [1.165, 1.54) is 5.56 Å². The van der Waals surface area contributed by atoms with Gasteiger partial charge in [-0.25, -0.2) is 9.78 Å². The normalized spacial score (nSPS) is 12.0. The number of nitrogens with zero attached hydrogens (tertiary/aromatic N) is 1. The van der Waals surface area contributed by atoms with Crippen molar-refractivity contribution in [3.05, 3.63) is 53.3 Å². The standard InChI is InChI=1S/C13H9NO2/c15-13(16)12-11-7-8-3-1-2-4-9(8)10(11)5-6-14-12/h1-6H,7H2,(H,15,16). The summed E-state index contributed by atoms with van der Waals surface area (Å²) in [5, 5.41) is 9.07. The molecule has 0 radical (unpaired) electrons. The number of aromatic nitrogens is 1. The molecule has 0 unspecified atom stereocenters. The predicted octanol–water partition coefficient (Wildman–Crippen LogP) is 2.35. The average Bonchev–Trinajstić information content (AvgIpc) is 2.67. The van der Waals surface area contributed by atoms with Crippen molar-refractivity contribution in [2.45, 2.75) is 6.42 Å². The molecule has 0 saturated carbocycles. The summed E-state index contributed by atoms with van der Waals surface area (Å²) in [5.74, 6) is -0.954. The SMILES string of the molecule is O=C(O)c1nccc2c1Cc1ccccc1-2.